The van der Waals surface area contributed by atoms with E-state index >= 15 is 0 Å². The van der Waals surface area contributed by atoms with Gasteiger partial charge in [0.2, 0.25) is 5.91 Å². The third-order valence-electron chi connectivity index (χ3n) is 2.34. The number of anilines is 1. The lowest BCUT2D eigenvalue weighted by molar-refractivity contribution is -0.113. The zero-order valence-electron chi connectivity index (χ0n) is 10.3. The molecule has 0 spiro atoms. The standard InChI is InChI=1S/C14H10FN3OS/c15-11-4-1-5-12(7-11)18-13(19)9-20-14-10(8-16)3-2-6-17-14/h1-7H,9H2,(H,18,19). The summed E-state index contributed by atoms with van der Waals surface area (Å²) in [4.78, 5) is 15.8. The average molecular weight is 287 g/mol. The third-order valence-corrected chi connectivity index (χ3v) is 3.35. The molecule has 4 nitrogen and oxygen atoms in total. The Bertz CT molecular complexity index is 669. The van der Waals surface area contributed by atoms with Gasteiger partial charge in [0.1, 0.15) is 16.9 Å². The molecule has 0 aliphatic carbocycles. The Morgan fingerprint density at radius 1 is 1.40 bits per heavy atom. The van der Waals surface area contributed by atoms with Crippen molar-refractivity contribution in [1.82, 2.24) is 4.98 Å². The van der Waals surface area contributed by atoms with Gasteiger partial charge in [0.25, 0.3) is 0 Å². The first-order chi connectivity index (χ1) is 9.69. The summed E-state index contributed by atoms with van der Waals surface area (Å²) >= 11 is 1.16. The monoisotopic (exact) mass is 287 g/mol. The van der Waals surface area contributed by atoms with Crippen LogP contribution in [0.4, 0.5) is 10.1 Å². The number of rotatable bonds is 4. The van der Waals surface area contributed by atoms with Gasteiger partial charge in [0, 0.05) is 11.9 Å². The molecule has 1 amide bonds. The number of amides is 1. The van der Waals surface area contributed by atoms with Crippen LogP contribution in [-0.2, 0) is 4.79 Å². The first-order valence-corrected chi connectivity index (χ1v) is 6.71. The van der Waals surface area contributed by atoms with Crippen molar-refractivity contribution in [2.45, 2.75) is 5.03 Å². The molecule has 0 aliphatic heterocycles. The van der Waals surface area contributed by atoms with Gasteiger partial charge >= 0.3 is 0 Å². The summed E-state index contributed by atoms with van der Waals surface area (Å²) in [5.41, 5.74) is 0.827. The molecule has 0 unspecified atom stereocenters. The topological polar surface area (TPSA) is 65.8 Å². The predicted molar refractivity (Wildman–Crippen MR) is 74.7 cm³/mol. The van der Waals surface area contributed by atoms with Crippen LogP contribution in [0.15, 0.2) is 47.6 Å². The van der Waals surface area contributed by atoms with E-state index in [4.69, 9.17) is 5.26 Å². The molecule has 100 valence electrons. The van der Waals surface area contributed by atoms with Gasteiger partial charge in [-0.3, -0.25) is 4.79 Å². The number of carbonyl (C=O) groups excluding carboxylic acids is 1. The average Bonchev–Trinajstić information content (AvgIpc) is 2.45. The van der Waals surface area contributed by atoms with Crippen molar-refractivity contribution < 1.29 is 9.18 Å². The first-order valence-electron chi connectivity index (χ1n) is 5.72. The highest BCUT2D eigenvalue weighted by Gasteiger charge is 2.08. The lowest BCUT2D eigenvalue weighted by atomic mass is 10.3. The number of nitrogens with one attached hydrogen (secondary N) is 1. The number of aromatic nitrogens is 1. The Kier molecular flexibility index (Phi) is 4.69. The maximum Gasteiger partial charge on any atom is 0.234 e. The second-order valence-corrected chi connectivity index (χ2v) is 4.78. The molecule has 1 N–H and O–H groups in total. The highest BCUT2D eigenvalue weighted by Crippen LogP contribution is 2.19. The Morgan fingerprint density at radius 2 is 2.25 bits per heavy atom. The van der Waals surface area contributed by atoms with Crippen molar-refractivity contribution in [3.63, 3.8) is 0 Å². The number of benzene rings is 1. The van der Waals surface area contributed by atoms with Gasteiger partial charge in [-0.25, -0.2) is 9.37 Å². The zero-order chi connectivity index (χ0) is 14.4. The van der Waals surface area contributed by atoms with Crippen LogP contribution in [0.25, 0.3) is 0 Å². The number of carbonyl (C=O) groups is 1. The summed E-state index contributed by atoms with van der Waals surface area (Å²) in [6, 6.07) is 11.0. The summed E-state index contributed by atoms with van der Waals surface area (Å²) in [5.74, 6) is -0.593. The van der Waals surface area contributed by atoms with E-state index in [1.807, 2.05) is 6.07 Å². The minimum atomic E-state index is -0.410. The van der Waals surface area contributed by atoms with Gasteiger partial charge in [0.15, 0.2) is 0 Å². The molecule has 0 bridgehead atoms. The molecule has 0 radical (unpaired) electrons. The summed E-state index contributed by atoms with van der Waals surface area (Å²) in [6.45, 7) is 0. The second-order valence-electron chi connectivity index (χ2n) is 3.82. The Hall–Kier alpha value is -2.39. The molecule has 0 saturated carbocycles. The third kappa shape index (κ3) is 3.80. The summed E-state index contributed by atoms with van der Waals surface area (Å²) in [7, 11) is 0. The van der Waals surface area contributed by atoms with Crippen molar-refractivity contribution in [3.8, 4) is 6.07 Å². The Labute approximate surface area is 119 Å². The predicted octanol–water partition coefficient (Wildman–Crippen LogP) is 2.82. The number of hydrogen-bond donors (Lipinski definition) is 1. The van der Waals surface area contributed by atoms with E-state index in [1.165, 1.54) is 18.2 Å². The highest BCUT2D eigenvalue weighted by molar-refractivity contribution is 8.00. The van der Waals surface area contributed by atoms with Crippen molar-refractivity contribution in [2.75, 3.05) is 11.1 Å². The van der Waals surface area contributed by atoms with Crippen molar-refractivity contribution >= 4 is 23.4 Å². The fourth-order valence-electron chi connectivity index (χ4n) is 1.49. The van der Waals surface area contributed by atoms with Crippen molar-refractivity contribution in [1.29, 1.82) is 5.26 Å². The molecule has 1 aromatic carbocycles. The fraction of sp³-hybridized carbons (Fsp3) is 0.0714. The summed E-state index contributed by atoms with van der Waals surface area (Å²) in [5, 5.41) is 12.0. The van der Waals surface area contributed by atoms with Crippen molar-refractivity contribution in [2.24, 2.45) is 0 Å². The quantitative estimate of drug-likeness (QED) is 0.878. The summed E-state index contributed by atoms with van der Waals surface area (Å²) < 4.78 is 13.0. The van der Waals surface area contributed by atoms with E-state index in [-0.39, 0.29) is 11.7 Å². The number of thioether (sulfide) groups is 1. The molecule has 6 heteroatoms. The lowest BCUT2D eigenvalue weighted by Crippen LogP contribution is -2.14. The number of hydrogen-bond acceptors (Lipinski definition) is 4. The van der Waals surface area contributed by atoms with Gasteiger partial charge < -0.3 is 5.32 Å². The molecule has 1 aromatic heterocycles. The smallest absolute Gasteiger partial charge is 0.234 e. The molecule has 1 heterocycles. The maximum absolute atomic E-state index is 13.0. The van der Waals surface area contributed by atoms with E-state index < -0.39 is 5.82 Å². The molecule has 0 atom stereocenters. The molecule has 0 saturated heterocycles. The second kappa shape index (κ2) is 6.68. The molecule has 0 aliphatic rings. The normalized spacial score (nSPS) is 9.80. The van der Waals surface area contributed by atoms with E-state index in [0.717, 1.165) is 11.8 Å². The van der Waals surface area contributed by atoms with Crippen molar-refractivity contribution in [3.05, 3.63) is 54.0 Å². The largest absolute Gasteiger partial charge is 0.325 e. The molecule has 0 fully saturated rings. The van der Waals surface area contributed by atoms with Gasteiger partial charge in [-0.1, -0.05) is 17.8 Å². The van der Waals surface area contributed by atoms with Gasteiger partial charge in [0.05, 0.1) is 11.3 Å². The van der Waals surface area contributed by atoms with E-state index in [2.05, 4.69) is 10.3 Å². The highest BCUT2D eigenvalue weighted by atomic mass is 32.2. The lowest BCUT2D eigenvalue weighted by Gasteiger charge is -2.05. The van der Waals surface area contributed by atoms with Crippen LogP contribution >= 0.6 is 11.8 Å². The van der Waals surface area contributed by atoms with Crippen LogP contribution in [-0.4, -0.2) is 16.6 Å². The van der Waals surface area contributed by atoms with Crippen LogP contribution in [0.2, 0.25) is 0 Å². The maximum atomic E-state index is 13.0. The molecule has 2 aromatic rings. The molecular weight excluding hydrogens is 277 g/mol. The van der Waals surface area contributed by atoms with E-state index in [9.17, 15) is 9.18 Å². The number of halogens is 1. The van der Waals surface area contributed by atoms with Crippen LogP contribution in [0.3, 0.4) is 0 Å². The number of pyridine rings is 1. The van der Waals surface area contributed by atoms with E-state index in [1.54, 1.807) is 24.4 Å². The molecule has 2 rings (SSSR count). The van der Waals surface area contributed by atoms with Crippen LogP contribution in [0.1, 0.15) is 5.56 Å². The van der Waals surface area contributed by atoms with Gasteiger partial charge in [-0.2, -0.15) is 5.26 Å². The molecule has 20 heavy (non-hydrogen) atoms. The Morgan fingerprint density at radius 3 is 3.00 bits per heavy atom. The Balaban J connectivity index is 1.94. The number of nitriles is 1. The van der Waals surface area contributed by atoms with Crippen LogP contribution in [0.5, 0.6) is 0 Å². The number of nitrogens with zero attached hydrogens (tertiary/aromatic N) is 2. The van der Waals surface area contributed by atoms with Crippen LogP contribution < -0.4 is 5.32 Å². The SMILES string of the molecule is N#Cc1cccnc1SCC(=O)Nc1cccc(F)c1. The van der Waals surface area contributed by atoms with E-state index in [0.29, 0.717) is 16.3 Å². The van der Waals surface area contributed by atoms with Crippen LogP contribution in [0, 0.1) is 17.1 Å². The minimum Gasteiger partial charge on any atom is -0.325 e. The van der Waals surface area contributed by atoms with Gasteiger partial charge in [-0.05, 0) is 30.3 Å². The fourth-order valence-corrected chi connectivity index (χ4v) is 2.23. The zero-order valence-corrected chi connectivity index (χ0v) is 11.2. The molecular formula is C14H10FN3OS. The minimum absolute atomic E-state index is 0.0994. The first kappa shape index (κ1) is 14.0. The summed E-state index contributed by atoms with van der Waals surface area (Å²) in [6.07, 6.45) is 1.56. The van der Waals surface area contributed by atoms with Gasteiger partial charge in [-0.15, -0.1) is 0 Å².